The predicted octanol–water partition coefficient (Wildman–Crippen LogP) is 5.32. The van der Waals surface area contributed by atoms with E-state index in [0.717, 1.165) is 39.8 Å². The minimum Gasteiger partial charge on any atom is -0.355 e. The Kier molecular flexibility index (Phi) is 6.36. The summed E-state index contributed by atoms with van der Waals surface area (Å²) in [6, 6.07) is 22.1. The largest absolute Gasteiger partial charge is 0.355 e. The Morgan fingerprint density at radius 1 is 0.912 bits per heavy atom. The van der Waals surface area contributed by atoms with Gasteiger partial charge in [-0.2, -0.15) is 0 Å². The molecule has 5 rings (SSSR count). The van der Waals surface area contributed by atoms with Gasteiger partial charge in [-0.25, -0.2) is 15.0 Å². The summed E-state index contributed by atoms with van der Waals surface area (Å²) in [5.41, 5.74) is 2.59. The fourth-order valence-electron chi connectivity index (χ4n) is 4.33. The van der Waals surface area contributed by atoms with Crippen molar-refractivity contribution >= 4 is 23.1 Å². The van der Waals surface area contributed by atoms with Crippen LogP contribution in [-0.4, -0.2) is 51.4 Å². The summed E-state index contributed by atoms with van der Waals surface area (Å²) >= 11 is 1.58. The van der Waals surface area contributed by atoms with E-state index in [0.29, 0.717) is 24.6 Å². The monoisotopic (exact) mass is 469 g/mol. The molecule has 0 radical (unpaired) electrons. The molecule has 1 atom stereocenters. The number of carbonyl (C=O) groups is 1. The quantitative estimate of drug-likeness (QED) is 0.405. The Morgan fingerprint density at radius 2 is 1.62 bits per heavy atom. The number of anilines is 1. The second-order valence-corrected chi connectivity index (χ2v) is 9.71. The van der Waals surface area contributed by atoms with E-state index in [1.807, 2.05) is 84.8 Å². The van der Waals surface area contributed by atoms with Gasteiger partial charge in [0, 0.05) is 37.4 Å². The molecular formula is C27H27N5OS. The highest BCUT2D eigenvalue weighted by Crippen LogP contribution is 2.32. The average Bonchev–Trinajstić information content (AvgIpc) is 3.17. The van der Waals surface area contributed by atoms with Gasteiger partial charge in [-0.1, -0.05) is 60.7 Å². The van der Waals surface area contributed by atoms with Crippen LogP contribution in [0.3, 0.4) is 0 Å². The van der Waals surface area contributed by atoms with Crippen molar-refractivity contribution in [1.29, 1.82) is 0 Å². The van der Waals surface area contributed by atoms with E-state index in [2.05, 4.69) is 21.8 Å². The van der Waals surface area contributed by atoms with Crippen molar-refractivity contribution in [3.05, 3.63) is 83.6 Å². The molecule has 4 aromatic rings. The molecule has 0 aliphatic carbocycles. The average molecular weight is 470 g/mol. The molecule has 2 aromatic carbocycles. The molecule has 1 fully saturated rings. The molecule has 6 nitrogen and oxygen atoms in total. The number of benzene rings is 2. The van der Waals surface area contributed by atoms with Gasteiger partial charge in [-0.15, -0.1) is 11.3 Å². The Balaban J connectivity index is 1.37. The van der Waals surface area contributed by atoms with Crippen LogP contribution in [0.5, 0.6) is 0 Å². The molecule has 7 heteroatoms. The lowest BCUT2D eigenvalue weighted by Crippen LogP contribution is -2.40. The van der Waals surface area contributed by atoms with Crippen molar-refractivity contribution in [1.82, 2.24) is 19.9 Å². The van der Waals surface area contributed by atoms with Gasteiger partial charge < -0.3 is 9.80 Å². The summed E-state index contributed by atoms with van der Waals surface area (Å²) in [5, 5.41) is 0.903. The summed E-state index contributed by atoms with van der Waals surface area (Å²) in [6.07, 6.45) is 2.67. The van der Waals surface area contributed by atoms with Crippen LogP contribution in [0.15, 0.2) is 72.9 Å². The van der Waals surface area contributed by atoms with E-state index in [1.165, 1.54) is 0 Å². The zero-order chi connectivity index (χ0) is 23.5. The highest BCUT2D eigenvalue weighted by molar-refractivity contribution is 7.15. The number of amides is 1. The summed E-state index contributed by atoms with van der Waals surface area (Å²) in [7, 11) is 0. The van der Waals surface area contributed by atoms with Crippen LogP contribution in [-0.2, 0) is 0 Å². The van der Waals surface area contributed by atoms with Crippen LogP contribution in [0.2, 0.25) is 0 Å². The van der Waals surface area contributed by atoms with Crippen LogP contribution >= 0.6 is 11.3 Å². The summed E-state index contributed by atoms with van der Waals surface area (Å²) < 4.78 is 0. The van der Waals surface area contributed by atoms with Crippen molar-refractivity contribution in [3.63, 3.8) is 0 Å². The molecule has 0 N–H and O–H groups in total. The van der Waals surface area contributed by atoms with Gasteiger partial charge in [0.1, 0.15) is 11.5 Å². The Morgan fingerprint density at radius 3 is 2.35 bits per heavy atom. The van der Waals surface area contributed by atoms with Crippen molar-refractivity contribution in [3.8, 4) is 21.8 Å². The first-order valence-electron chi connectivity index (χ1n) is 11.6. The molecule has 0 spiro atoms. The predicted molar refractivity (Wildman–Crippen MR) is 137 cm³/mol. The maximum absolute atomic E-state index is 13.7. The van der Waals surface area contributed by atoms with E-state index >= 15 is 0 Å². The molecule has 3 heterocycles. The highest BCUT2D eigenvalue weighted by atomic mass is 32.1. The topological polar surface area (TPSA) is 62.2 Å². The number of thiazole rings is 1. The molecule has 0 bridgehead atoms. The number of rotatable bonds is 4. The van der Waals surface area contributed by atoms with Crippen LogP contribution in [0.1, 0.15) is 28.8 Å². The molecule has 1 aliphatic heterocycles. The lowest BCUT2D eigenvalue weighted by Gasteiger charge is -2.26. The zero-order valence-electron chi connectivity index (χ0n) is 19.4. The van der Waals surface area contributed by atoms with Gasteiger partial charge in [-0.05, 0) is 31.9 Å². The minimum absolute atomic E-state index is 0.00483. The van der Waals surface area contributed by atoms with Crippen molar-refractivity contribution in [2.45, 2.75) is 26.3 Å². The van der Waals surface area contributed by atoms with Gasteiger partial charge in [0.15, 0.2) is 5.82 Å². The smallest absolute Gasteiger partial charge is 0.274 e. The van der Waals surface area contributed by atoms with Crippen molar-refractivity contribution in [2.75, 3.05) is 24.5 Å². The Hall–Kier alpha value is -3.58. The maximum atomic E-state index is 13.7. The van der Waals surface area contributed by atoms with E-state index in [9.17, 15) is 4.79 Å². The van der Waals surface area contributed by atoms with Crippen LogP contribution in [0.4, 0.5) is 5.82 Å². The second kappa shape index (κ2) is 9.73. The lowest BCUT2D eigenvalue weighted by molar-refractivity contribution is 0.0700. The SMILES string of the molecule is Cc1nc(C(=O)N2CCN(c3ccnc(-c4ccccc4)n3)CC[C@@H]2C)c(-c2ccccc2)s1. The molecule has 1 saturated heterocycles. The van der Waals surface area contributed by atoms with Gasteiger partial charge in [-0.3, -0.25) is 4.79 Å². The molecule has 0 saturated carbocycles. The summed E-state index contributed by atoms with van der Waals surface area (Å²) in [6.45, 7) is 6.25. The Bertz CT molecular complexity index is 1270. The minimum atomic E-state index is 0.00483. The van der Waals surface area contributed by atoms with Gasteiger partial charge in [0.25, 0.3) is 5.91 Å². The van der Waals surface area contributed by atoms with E-state index < -0.39 is 0 Å². The zero-order valence-corrected chi connectivity index (χ0v) is 20.2. The van der Waals surface area contributed by atoms with Gasteiger partial charge in [0.05, 0.1) is 9.88 Å². The number of nitrogens with zero attached hydrogens (tertiary/aromatic N) is 5. The van der Waals surface area contributed by atoms with Crippen LogP contribution in [0.25, 0.3) is 21.8 Å². The van der Waals surface area contributed by atoms with Crippen LogP contribution in [0, 0.1) is 6.92 Å². The van der Waals surface area contributed by atoms with Gasteiger partial charge >= 0.3 is 0 Å². The fourth-order valence-corrected chi connectivity index (χ4v) is 5.25. The first-order valence-corrected chi connectivity index (χ1v) is 12.4. The number of carbonyl (C=O) groups excluding carboxylic acids is 1. The number of aromatic nitrogens is 3. The number of hydrogen-bond donors (Lipinski definition) is 0. The molecule has 1 aliphatic rings. The van der Waals surface area contributed by atoms with E-state index in [1.54, 1.807) is 11.3 Å². The number of hydrogen-bond acceptors (Lipinski definition) is 6. The standard InChI is InChI=1S/C27H27N5OS/c1-19-14-16-31(23-13-15-28-26(30-23)22-11-7-4-8-12-22)17-18-32(19)27(33)24-25(34-20(2)29-24)21-9-5-3-6-10-21/h3-13,15,19H,14,16-18H2,1-2H3/t19-/m0/s1. The van der Waals surface area contributed by atoms with Gasteiger partial charge in [0.2, 0.25) is 0 Å². The Labute approximate surface area is 203 Å². The third-order valence-electron chi connectivity index (χ3n) is 6.19. The van der Waals surface area contributed by atoms with Crippen molar-refractivity contribution < 1.29 is 4.79 Å². The van der Waals surface area contributed by atoms with E-state index in [-0.39, 0.29) is 11.9 Å². The summed E-state index contributed by atoms with van der Waals surface area (Å²) in [4.78, 5) is 32.8. The maximum Gasteiger partial charge on any atom is 0.274 e. The first-order chi connectivity index (χ1) is 16.6. The molecule has 172 valence electrons. The van der Waals surface area contributed by atoms with Crippen LogP contribution < -0.4 is 4.90 Å². The van der Waals surface area contributed by atoms with E-state index in [4.69, 9.17) is 4.98 Å². The normalized spacial score (nSPS) is 16.4. The molecule has 34 heavy (non-hydrogen) atoms. The fraction of sp³-hybridized carbons (Fsp3) is 0.259. The molecule has 1 amide bonds. The first kappa shape index (κ1) is 22.2. The second-order valence-electron chi connectivity index (χ2n) is 8.50. The highest BCUT2D eigenvalue weighted by Gasteiger charge is 2.30. The summed E-state index contributed by atoms with van der Waals surface area (Å²) in [5.74, 6) is 1.61. The third kappa shape index (κ3) is 4.56. The molecule has 0 unspecified atom stereocenters. The molecule has 2 aromatic heterocycles. The number of aryl methyl sites for hydroxylation is 1. The lowest BCUT2D eigenvalue weighted by atomic mass is 10.1. The molecular weight excluding hydrogens is 442 g/mol. The third-order valence-corrected chi connectivity index (χ3v) is 7.21. The van der Waals surface area contributed by atoms with Crippen molar-refractivity contribution in [2.24, 2.45) is 0 Å².